The number of imide groups is 1. The number of rotatable bonds is 3. The van der Waals surface area contributed by atoms with Crippen molar-refractivity contribution in [1.82, 2.24) is 10.2 Å². The van der Waals surface area contributed by atoms with E-state index in [4.69, 9.17) is 9.47 Å². The Kier molecular flexibility index (Phi) is 3.06. The zero-order chi connectivity index (χ0) is 18.1. The molecule has 1 aromatic rings. The number of carbonyl (C=O) groups excluding carboxylic acids is 2. The fourth-order valence-corrected chi connectivity index (χ4v) is 4.21. The Balaban J connectivity index is 1.33. The third-order valence-electron chi connectivity index (χ3n) is 5.98. The van der Waals surface area contributed by atoms with Gasteiger partial charge in [-0.15, -0.1) is 0 Å². The van der Waals surface area contributed by atoms with Crippen molar-refractivity contribution >= 4 is 11.9 Å². The number of benzene rings is 1. The van der Waals surface area contributed by atoms with Crippen molar-refractivity contribution in [3.63, 3.8) is 0 Å². The number of urea groups is 1. The Morgan fingerprint density at radius 1 is 1.35 bits per heavy atom. The second kappa shape index (κ2) is 5.13. The van der Waals surface area contributed by atoms with E-state index in [1.807, 2.05) is 0 Å². The Hall–Kier alpha value is -2.75. The van der Waals surface area contributed by atoms with Crippen LogP contribution in [-0.4, -0.2) is 41.6 Å². The first-order valence-corrected chi connectivity index (χ1v) is 9.02. The molecule has 1 atom stereocenters. The predicted molar refractivity (Wildman–Crippen MR) is 89.8 cm³/mol. The van der Waals surface area contributed by atoms with E-state index in [9.17, 15) is 14.9 Å². The van der Waals surface area contributed by atoms with Gasteiger partial charge >= 0.3 is 6.03 Å². The third-order valence-corrected chi connectivity index (χ3v) is 5.98. The quantitative estimate of drug-likeness (QED) is 0.837. The number of carbonyl (C=O) groups is 2. The summed E-state index contributed by atoms with van der Waals surface area (Å²) in [7, 11) is 0. The summed E-state index contributed by atoms with van der Waals surface area (Å²) < 4.78 is 12.0. The van der Waals surface area contributed by atoms with Gasteiger partial charge in [0.15, 0.2) is 0 Å². The van der Waals surface area contributed by atoms with Gasteiger partial charge in [-0.2, -0.15) is 5.26 Å². The molecule has 1 saturated heterocycles. The van der Waals surface area contributed by atoms with Crippen molar-refractivity contribution in [2.24, 2.45) is 0 Å². The highest BCUT2D eigenvalue weighted by Gasteiger charge is 2.53. The van der Waals surface area contributed by atoms with Crippen molar-refractivity contribution in [3.8, 4) is 17.6 Å². The Labute approximate surface area is 150 Å². The van der Waals surface area contributed by atoms with Crippen LogP contribution in [0, 0.1) is 11.3 Å². The number of ether oxygens (including phenoxy) is 2. The molecule has 1 N–H and O–H groups in total. The first-order valence-electron chi connectivity index (χ1n) is 9.02. The van der Waals surface area contributed by atoms with E-state index in [-0.39, 0.29) is 29.5 Å². The zero-order valence-electron chi connectivity index (χ0n) is 14.4. The maximum absolute atomic E-state index is 12.1. The molecule has 7 nitrogen and oxygen atoms in total. The van der Waals surface area contributed by atoms with Crippen LogP contribution in [0.2, 0.25) is 0 Å². The number of amides is 3. The molecule has 26 heavy (non-hydrogen) atoms. The number of nitrogens with zero attached hydrogens (tertiary/aromatic N) is 2. The lowest BCUT2D eigenvalue weighted by atomic mass is 9.87. The fourth-order valence-electron chi connectivity index (χ4n) is 4.21. The fraction of sp³-hybridized carbons (Fsp3) is 0.526. The van der Waals surface area contributed by atoms with Gasteiger partial charge in [0.25, 0.3) is 5.91 Å². The number of nitriles is 1. The molecular formula is C19H19N3O4. The molecule has 3 amide bonds. The van der Waals surface area contributed by atoms with Gasteiger partial charge in [-0.25, -0.2) is 4.79 Å². The van der Waals surface area contributed by atoms with Crippen LogP contribution >= 0.6 is 0 Å². The smallest absolute Gasteiger partial charge is 0.325 e. The van der Waals surface area contributed by atoms with Crippen LogP contribution in [0.3, 0.4) is 0 Å². The summed E-state index contributed by atoms with van der Waals surface area (Å²) in [5.41, 5.74) is 1.67. The van der Waals surface area contributed by atoms with Gasteiger partial charge in [-0.05, 0) is 31.9 Å². The van der Waals surface area contributed by atoms with Crippen LogP contribution in [0.4, 0.5) is 4.79 Å². The SMILES string of the molecule is C[C@@H]1NC(=O)N(C2CC(Oc3cc(C#N)cc4c3C3(CC3)CO4)C2)C1=O. The minimum Gasteiger partial charge on any atom is -0.492 e. The van der Waals surface area contributed by atoms with Gasteiger partial charge in [0.2, 0.25) is 0 Å². The molecule has 0 unspecified atom stereocenters. The van der Waals surface area contributed by atoms with E-state index < -0.39 is 6.04 Å². The molecule has 3 fully saturated rings. The largest absolute Gasteiger partial charge is 0.492 e. The second-order valence-electron chi connectivity index (χ2n) is 7.77. The first-order chi connectivity index (χ1) is 12.5. The standard InChI is InChI=1S/C19H19N3O4/c1-10-17(23)22(18(24)21-10)12-6-13(7-12)26-15-5-11(8-20)4-14-16(15)19(2-3-19)9-25-14/h4-5,10,12-13H,2-3,6-7,9H2,1H3,(H,21,24)/t10-,12?,13?/m0/s1. The topological polar surface area (TPSA) is 91.7 Å². The second-order valence-corrected chi connectivity index (χ2v) is 7.77. The Morgan fingerprint density at radius 2 is 2.12 bits per heavy atom. The third kappa shape index (κ3) is 2.11. The molecule has 0 aromatic heterocycles. The van der Waals surface area contributed by atoms with Crippen molar-refractivity contribution < 1.29 is 19.1 Å². The summed E-state index contributed by atoms with van der Waals surface area (Å²) >= 11 is 0. The highest BCUT2D eigenvalue weighted by molar-refractivity contribution is 6.04. The number of hydrogen-bond donors (Lipinski definition) is 1. The van der Waals surface area contributed by atoms with Crippen molar-refractivity contribution in [2.75, 3.05) is 6.61 Å². The van der Waals surface area contributed by atoms with E-state index in [0.29, 0.717) is 25.0 Å². The average Bonchev–Trinajstić information content (AvgIpc) is 3.20. The Bertz CT molecular complexity index is 864. The molecule has 5 rings (SSSR count). The number of fused-ring (bicyclic) bond motifs is 2. The summed E-state index contributed by atoms with van der Waals surface area (Å²) in [6.45, 7) is 2.35. The van der Waals surface area contributed by atoms with Crippen LogP contribution in [-0.2, 0) is 10.2 Å². The summed E-state index contributed by atoms with van der Waals surface area (Å²) in [6, 6.07) is 4.85. The van der Waals surface area contributed by atoms with Gasteiger partial charge in [-0.1, -0.05) is 0 Å². The molecule has 0 radical (unpaired) electrons. The minimum absolute atomic E-state index is 0.0576. The molecule has 2 aliphatic carbocycles. The van der Waals surface area contributed by atoms with E-state index >= 15 is 0 Å². The predicted octanol–water partition coefficient (Wildman–Crippen LogP) is 1.83. The first kappa shape index (κ1) is 15.5. The molecule has 4 aliphatic rings. The molecular weight excluding hydrogens is 334 g/mol. The van der Waals surface area contributed by atoms with Gasteiger partial charge in [0, 0.05) is 29.9 Å². The lowest BCUT2D eigenvalue weighted by Gasteiger charge is -2.39. The lowest BCUT2D eigenvalue weighted by Crippen LogP contribution is -2.52. The van der Waals surface area contributed by atoms with Crippen LogP contribution < -0.4 is 14.8 Å². The zero-order valence-corrected chi connectivity index (χ0v) is 14.4. The highest BCUT2D eigenvalue weighted by atomic mass is 16.5. The van der Waals surface area contributed by atoms with Gasteiger partial charge in [0.1, 0.15) is 23.6 Å². The molecule has 2 saturated carbocycles. The maximum Gasteiger partial charge on any atom is 0.325 e. The van der Waals surface area contributed by atoms with E-state index in [1.54, 1.807) is 19.1 Å². The van der Waals surface area contributed by atoms with Crippen molar-refractivity contribution in [2.45, 2.75) is 56.2 Å². The molecule has 7 heteroatoms. The molecule has 2 aliphatic heterocycles. The maximum atomic E-state index is 12.1. The highest BCUT2D eigenvalue weighted by Crippen LogP contribution is 2.59. The van der Waals surface area contributed by atoms with Gasteiger partial charge < -0.3 is 14.8 Å². The average molecular weight is 353 g/mol. The summed E-state index contributed by atoms with van der Waals surface area (Å²) in [4.78, 5) is 25.3. The molecule has 0 bridgehead atoms. The summed E-state index contributed by atoms with van der Waals surface area (Å²) in [5.74, 6) is 1.31. The van der Waals surface area contributed by atoms with Gasteiger partial charge in [0.05, 0.1) is 18.2 Å². The number of nitrogens with one attached hydrogen (secondary N) is 1. The van der Waals surface area contributed by atoms with Crippen LogP contribution in [0.15, 0.2) is 12.1 Å². The monoisotopic (exact) mass is 353 g/mol. The molecule has 134 valence electrons. The summed E-state index contributed by atoms with van der Waals surface area (Å²) in [5, 5.41) is 11.9. The van der Waals surface area contributed by atoms with Crippen molar-refractivity contribution in [1.29, 1.82) is 5.26 Å². The Morgan fingerprint density at radius 3 is 2.73 bits per heavy atom. The van der Waals surface area contributed by atoms with E-state index in [2.05, 4.69) is 11.4 Å². The lowest BCUT2D eigenvalue weighted by molar-refractivity contribution is -0.131. The molecule has 1 spiro atoms. The molecule has 2 heterocycles. The van der Waals surface area contributed by atoms with E-state index in [1.165, 1.54) is 4.90 Å². The van der Waals surface area contributed by atoms with Crippen LogP contribution in [0.5, 0.6) is 11.5 Å². The van der Waals surface area contributed by atoms with Crippen molar-refractivity contribution in [3.05, 3.63) is 23.3 Å². The minimum atomic E-state index is -0.454. The number of hydrogen-bond acceptors (Lipinski definition) is 5. The van der Waals surface area contributed by atoms with E-state index in [0.717, 1.165) is 29.9 Å². The summed E-state index contributed by atoms with van der Waals surface area (Å²) in [6.07, 6.45) is 3.33. The van der Waals surface area contributed by atoms with Gasteiger partial charge in [-0.3, -0.25) is 9.69 Å². The van der Waals surface area contributed by atoms with Crippen LogP contribution in [0.1, 0.15) is 43.7 Å². The normalized spacial score (nSPS) is 30.3. The van der Waals surface area contributed by atoms with Crippen LogP contribution in [0.25, 0.3) is 0 Å². The molecule has 1 aromatic carbocycles.